The van der Waals surface area contributed by atoms with Gasteiger partial charge in [-0.15, -0.1) is 17.0 Å². The maximum absolute atomic E-state index is 12.5. The van der Waals surface area contributed by atoms with E-state index in [2.05, 4.69) is 96.3 Å². The number of ether oxygens (including phenoxy) is 1. The van der Waals surface area contributed by atoms with Gasteiger partial charge in [0.2, 0.25) is 0 Å². The Balaban J connectivity index is 0.00000756. The first kappa shape index (κ1) is 44.1. The number of esters is 1. The van der Waals surface area contributed by atoms with Gasteiger partial charge in [0.05, 0.1) is 17.1 Å². The van der Waals surface area contributed by atoms with Gasteiger partial charge in [-0.2, -0.15) is 0 Å². The van der Waals surface area contributed by atoms with Gasteiger partial charge < -0.3 is 15.2 Å². The highest BCUT2D eigenvalue weighted by Gasteiger charge is 2.44. The molecule has 0 aliphatic heterocycles. The number of aliphatic hydroxyl groups is 1. The number of unbranched alkanes of at least 4 members (excludes halogenated alkanes) is 8. The van der Waals surface area contributed by atoms with Gasteiger partial charge in [-0.05, 0) is 73.4 Å². The number of hydrogen-bond donors (Lipinski definition) is 2. The fourth-order valence-corrected chi connectivity index (χ4v) is 11.0. The van der Waals surface area contributed by atoms with E-state index in [4.69, 9.17) is 27.9 Å². The Morgan fingerprint density at radius 1 is 0.698 bits per heavy atom. The van der Waals surface area contributed by atoms with Crippen molar-refractivity contribution in [1.29, 1.82) is 0 Å². The number of halogens is 3. The summed E-state index contributed by atoms with van der Waals surface area (Å²) in [4.78, 5) is 33.6. The Morgan fingerprint density at radius 2 is 1.13 bits per heavy atom. The minimum Gasteiger partial charge on any atom is -0.463 e. The SMILES string of the molecule is Br.O=C(CCCCCCCCCCC[P+](c1ccccc1)(c1ccccc1)c1ccccc1)OC[C@H](NC(=O)C(Cl)Cl)[C@H](O)c1ccc([N+](=O)[O-])cc1. The first-order valence-electron chi connectivity index (χ1n) is 17.9. The molecule has 0 aliphatic rings. The lowest BCUT2D eigenvalue weighted by molar-refractivity contribution is -0.384. The van der Waals surface area contributed by atoms with E-state index < -0.39 is 41.0 Å². The van der Waals surface area contributed by atoms with E-state index in [1.165, 1.54) is 65.9 Å². The average Bonchev–Trinajstić information content (AvgIpc) is 3.17. The van der Waals surface area contributed by atoms with Crippen molar-refractivity contribution in [2.24, 2.45) is 0 Å². The van der Waals surface area contributed by atoms with E-state index in [0.29, 0.717) is 12.0 Å². The minimum atomic E-state index is -1.78. The summed E-state index contributed by atoms with van der Waals surface area (Å²) in [5, 5.41) is 28.6. The van der Waals surface area contributed by atoms with Crippen molar-refractivity contribution in [2.75, 3.05) is 12.8 Å². The van der Waals surface area contributed by atoms with Crippen molar-refractivity contribution in [3.63, 3.8) is 0 Å². The third kappa shape index (κ3) is 13.5. The third-order valence-electron chi connectivity index (χ3n) is 9.24. The van der Waals surface area contributed by atoms with Crippen molar-refractivity contribution in [2.45, 2.75) is 81.2 Å². The molecule has 0 aliphatic carbocycles. The highest BCUT2D eigenvalue weighted by Crippen LogP contribution is 2.56. The molecule has 12 heteroatoms. The fourth-order valence-electron chi connectivity index (χ4n) is 6.48. The van der Waals surface area contributed by atoms with E-state index in [9.17, 15) is 24.8 Å². The first-order chi connectivity index (χ1) is 25.2. The number of rotatable bonds is 22. The topological polar surface area (TPSA) is 119 Å². The summed E-state index contributed by atoms with van der Waals surface area (Å²) < 4.78 is 5.37. The van der Waals surface area contributed by atoms with Gasteiger partial charge in [-0.1, -0.05) is 116 Å². The van der Waals surface area contributed by atoms with Crippen LogP contribution in [0.2, 0.25) is 0 Å². The fraction of sp³-hybridized carbons (Fsp3) is 0.366. The standard InChI is InChI=1S/C41H47Cl2N2O6P.BrH/c42-40(43)41(48)44-37(39(47)32-26-28-33(29-27-32)45(49)50)31-51-38(46)25-17-6-4-2-1-3-5-7-18-30-52(34-19-11-8-12-20-34,35-21-13-9-14-22-35)36-23-15-10-16-24-36;/h8-16,19-24,26-29,37,39-40,47H,1-7,17-18,25,30-31H2;1H/p+1/t37-,39+;/m0./s1. The highest BCUT2D eigenvalue weighted by atomic mass is 79.9. The maximum Gasteiger partial charge on any atom is 0.305 e. The number of non-ortho nitro benzene ring substituents is 1. The zero-order valence-corrected chi connectivity index (χ0v) is 33.9. The number of alkyl halides is 2. The van der Waals surface area contributed by atoms with Crippen LogP contribution in [0, 0.1) is 10.1 Å². The van der Waals surface area contributed by atoms with Gasteiger partial charge in [0.1, 0.15) is 35.9 Å². The molecular formula is C41H49BrCl2N2O6P+. The van der Waals surface area contributed by atoms with Gasteiger partial charge in [-0.25, -0.2) is 0 Å². The molecule has 0 saturated heterocycles. The molecule has 1 amide bonds. The minimum absolute atomic E-state index is 0. The molecule has 0 saturated carbocycles. The predicted octanol–water partition coefficient (Wildman–Crippen LogP) is 8.93. The molecule has 0 spiro atoms. The molecule has 0 bridgehead atoms. The van der Waals surface area contributed by atoms with Crippen molar-refractivity contribution >= 4 is 80.9 Å². The molecule has 2 N–H and O–H groups in total. The number of nitrogens with one attached hydrogen (secondary N) is 1. The molecule has 0 fully saturated rings. The zero-order chi connectivity index (χ0) is 37.2. The molecule has 4 aromatic rings. The average molecular weight is 848 g/mol. The lowest BCUT2D eigenvalue weighted by Crippen LogP contribution is -2.45. The Hall–Kier alpha value is -3.33. The number of amides is 1. The summed E-state index contributed by atoms with van der Waals surface area (Å²) in [7, 11) is -1.78. The molecule has 0 heterocycles. The highest BCUT2D eigenvalue weighted by molar-refractivity contribution is 8.93. The van der Waals surface area contributed by atoms with Gasteiger partial charge in [0.15, 0.2) is 4.84 Å². The molecule has 8 nitrogen and oxygen atoms in total. The van der Waals surface area contributed by atoms with Crippen LogP contribution < -0.4 is 21.2 Å². The van der Waals surface area contributed by atoms with Crippen LogP contribution in [-0.2, 0) is 14.3 Å². The number of nitro groups is 1. The van der Waals surface area contributed by atoms with E-state index in [0.717, 1.165) is 31.8 Å². The van der Waals surface area contributed by atoms with Gasteiger partial charge >= 0.3 is 5.97 Å². The van der Waals surface area contributed by atoms with Gasteiger partial charge in [0, 0.05) is 18.6 Å². The third-order valence-corrected chi connectivity index (χ3v) is 14.2. The molecule has 53 heavy (non-hydrogen) atoms. The second kappa shape index (κ2) is 23.5. The quantitative estimate of drug-likeness (QED) is 0.0204. The molecule has 4 aromatic carbocycles. The van der Waals surface area contributed by atoms with E-state index in [-0.39, 0.29) is 35.7 Å². The van der Waals surface area contributed by atoms with E-state index >= 15 is 0 Å². The van der Waals surface area contributed by atoms with Crippen molar-refractivity contribution < 1.29 is 24.4 Å². The lowest BCUT2D eigenvalue weighted by Gasteiger charge is -2.27. The van der Waals surface area contributed by atoms with E-state index in [1.54, 1.807) is 0 Å². The number of carbonyl (C=O) groups excluding carboxylic acids is 2. The summed E-state index contributed by atoms with van der Waals surface area (Å²) in [6.45, 7) is -0.311. The summed E-state index contributed by atoms with van der Waals surface area (Å²) >= 11 is 11.3. The van der Waals surface area contributed by atoms with Crippen LogP contribution in [0.3, 0.4) is 0 Å². The molecule has 2 atom stereocenters. The van der Waals surface area contributed by atoms with Gasteiger partial charge in [-0.3, -0.25) is 19.7 Å². The van der Waals surface area contributed by atoms with Crippen molar-refractivity contribution in [3.8, 4) is 0 Å². The second-order valence-corrected chi connectivity index (χ2v) is 17.6. The number of hydrogen-bond acceptors (Lipinski definition) is 6. The summed E-state index contributed by atoms with van der Waals surface area (Å²) in [5.41, 5.74) is 0.156. The molecule has 0 radical (unpaired) electrons. The van der Waals surface area contributed by atoms with Crippen LogP contribution in [0.5, 0.6) is 0 Å². The Labute approximate surface area is 333 Å². The van der Waals surface area contributed by atoms with Crippen LogP contribution in [0.1, 0.15) is 75.9 Å². The van der Waals surface area contributed by atoms with Crippen LogP contribution in [0.4, 0.5) is 5.69 Å². The molecule has 4 rings (SSSR count). The monoisotopic (exact) mass is 845 g/mol. The second-order valence-electron chi connectivity index (χ2n) is 12.9. The van der Waals surface area contributed by atoms with E-state index in [1.807, 2.05) is 0 Å². The number of nitrogens with zero attached hydrogens (tertiary/aromatic N) is 1. The Morgan fingerprint density at radius 3 is 1.57 bits per heavy atom. The summed E-state index contributed by atoms with van der Waals surface area (Å²) in [6.07, 6.45) is 9.67. The lowest BCUT2D eigenvalue weighted by atomic mass is 10.0. The molecular weight excluding hydrogens is 798 g/mol. The molecule has 0 unspecified atom stereocenters. The first-order valence-corrected chi connectivity index (χ1v) is 20.8. The Bertz CT molecular complexity index is 1570. The van der Waals surface area contributed by atoms with Crippen LogP contribution in [-0.4, -0.2) is 45.6 Å². The van der Waals surface area contributed by atoms with Crippen molar-refractivity contribution in [1.82, 2.24) is 5.32 Å². The molecule has 284 valence electrons. The number of nitro benzene ring substituents is 1. The Kier molecular flexibility index (Phi) is 19.5. The smallest absolute Gasteiger partial charge is 0.305 e. The van der Waals surface area contributed by atoms with Gasteiger partial charge in [0.25, 0.3) is 11.6 Å². The van der Waals surface area contributed by atoms with Crippen molar-refractivity contribution in [3.05, 3.63) is 131 Å². The largest absolute Gasteiger partial charge is 0.463 e. The van der Waals surface area contributed by atoms with Crippen LogP contribution >= 0.6 is 47.4 Å². The molecule has 0 aromatic heterocycles. The van der Waals surface area contributed by atoms with Crippen LogP contribution in [0.15, 0.2) is 115 Å². The summed E-state index contributed by atoms with van der Waals surface area (Å²) in [5.74, 6) is -1.20. The number of aliphatic hydroxyl groups excluding tert-OH is 1. The normalized spacial score (nSPS) is 12.4. The predicted molar refractivity (Wildman–Crippen MR) is 223 cm³/mol. The summed E-state index contributed by atoms with van der Waals surface area (Å²) in [6, 6.07) is 37.3. The zero-order valence-electron chi connectivity index (χ0n) is 29.7. The number of benzene rings is 4. The number of carbonyl (C=O) groups is 2. The maximum atomic E-state index is 12.5. The van der Waals surface area contributed by atoms with Crippen LogP contribution in [0.25, 0.3) is 0 Å².